The van der Waals surface area contributed by atoms with Crippen molar-refractivity contribution >= 4 is 31.6 Å². The van der Waals surface area contributed by atoms with Crippen molar-refractivity contribution < 1.29 is 8.42 Å². The number of benzene rings is 1. The Balaban J connectivity index is 2.23. The summed E-state index contributed by atoms with van der Waals surface area (Å²) in [5, 5.41) is 3.97. The lowest BCUT2D eigenvalue weighted by molar-refractivity contribution is 0.577. The Morgan fingerprint density at radius 3 is 2.79 bits per heavy atom. The molecule has 0 saturated heterocycles. The van der Waals surface area contributed by atoms with Gasteiger partial charge in [-0.15, -0.1) is 0 Å². The van der Waals surface area contributed by atoms with Crippen LogP contribution in [0.15, 0.2) is 39.8 Å². The highest BCUT2D eigenvalue weighted by molar-refractivity contribution is 9.10. The van der Waals surface area contributed by atoms with Crippen LogP contribution < -0.4 is 10.5 Å². The number of hydrogen-bond donors (Lipinski definition) is 2. The van der Waals surface area contributed by atoms with Crippen LogP contribution >= 0.6 is 15.9 Å². The normalized spacial score (nSPS) is 11.7. The first-order valence-corrected chi connectivity index (χ1v) is 7.69. The fourth-order valence-corrected chi connectivity index (χ4v) is 3.23. The van der Waals surface area contributed by atoms with Crippen LogP contribution in [0.25, 0.3) is 0 Å². The summed E-state index contributed by atoms with van der Waals surface area (Å²) in [6, 6.07) is 6.45. The highest BCUT2D eigenvalue weighted by Crippen LogP contribution is 2.22. The van der Waals surface area contributed by atoms with Crippen LogP contribution in [-0.2, 0) is 23.6 Å². The van der Waals surface area contributed by atoms with Crippen LogP contribution in [-0.4, -0.2) is 18.2 Å². The lowest BCUT2D eigenvalue weighted by atomic mass is 10.3. The Labute approximate surface area is 119 Å². The van der Waals surface area contributed by atoms with Crippen molar-refractivity contribution in [2.45, 2.75) is 11.4 Å². The second-order valence-electron chi connectivity index (χ2n) is 3.95. The van der Waals surface area contributed by atoms with Crippen LogP contribution in [0.3, 0.4) is 0 Å². The molecule has 19 heavy (non-hydrogen) atoms. The molecule has 0 unspecified atom stereocenters. The number of rotatable bonds is 4. The molecule has 0 bridgehead atoms. The number of halogens is 1. The molecule has 0 aliphatic carbocycles. The molecule has 0 amide bonds. The fraction of sp³-hybridized carbons (Fsp3) is 0.182. The summed E-state index contributed by atoms with van der Waals surface area (Å²) >= 11 is 3.23. The molecule has 1 aromatic heterocycles. The molecule has 2 aromatic rings. The minimum absolute atomic E-state index is 0.0593. The highest BCUT2D eigenvalue weighted by Gasteiger charge is 2.18. The van der Waals surface area contributed by atoms with E-state index in [-0.39, 0.29) is 17.1 Å². The molecular weight excluding hydrogens is 332 g/mol. The van der Waals surface area contributed by atoms with E-state index < -0.39 is 10.0 Å². The number of anilines is 1. The minimum Gasteiger partial charge on any atom is -0.398 e. The maximum Gasteiger partial charge on any atom is 0.243 e. The first-order chi connectivity index (χ1) is 8.90. The van der Waals surface area contributed by atoms with Gasteiger partial charge in [0.1, 0.15) is 4.90 Å². The van der Waals surface area contributed by atoms with Crippen LogP contribution in [0.5, 0.6) is 0 Å². The van der Waals surface area contributed by atoms with Crippen molar-refractivity contribution in [3.63, 3.8) is 0 Å². The summed E-state index contributed by atoms with van der Waals surface area (Å²) < 4.78 is 29.1. The summed E-state index contributed by atoms with van der Waals surface area (Å²) in [4.78, 5) is 0.0593. The number of nitrogens with zero attached hydrogens (tertiary/aromatic N) is 2. The van der Waals surface area contributed by atoms with Gasteiger partial charge in [-0.3, -0.25) is 4.68 Å². The van der Waals surface area contributed by atoms with Gasteiger partial charge in [-0.2, -0.15) is 5.10 Å². The fourth-order valence-electron chi connectivity index (χ4n) is 1.56. The molecule has 2 rings (SSSR count). The van der Waals surface area contributed by atoms with Crippen molar-refractivity contribution in [2.24, 2.45) is 7.05 Å². The average molecular weight is 345 g/mol. The van der Waals surface area contributed by atoms with E-state index in [9.17, 15) is 8.42 Å². The van der Waals surface area contributed by atoms with Gasteiger partial charge >= 0.3 is 0 Å². The topological polar surface area (TPSA) is 90.0 Å². The van der Waals surface area contributed by atoms with Crippen molar-refractivity contribution in [3.8, 4) is 0 Å². The minimum atomic E-state index is -3.65. The number of aryl methyl sites for hydroxylation is 1. The Bertz CT molecular complexity index is 696. The maximum atomic E-state index is 12.2. The van der Waals surface area contributed by atoms with Gasteiger partial charge in [-0.1, -0.05) is 15.9 Å². The highest BCUT2D eigenvalue weighted by atomic mass is 79.9. The maximum absolute atomic E-state index is 12.2. The van der Waals surface area contributed by atoms with E-state index in [4.69, 9.17) is 5.73 Å². The Kier molecular flexibility index (Phi) is 3.93. The molecule has 6 nitrogen and oxygen atoms in total. The van der Waals surface area contributed by atoms with E-state index in [1.807, 2.05) is 0 Å². The molecule has 8 heteroatoms. The molecule has 1 heterocycles. The van der Waals surface area contributed by atoms with E-state index >= 15 is 0 Å². The number of nitrogens with one attached hydrogen (secondary N) is 1. The lowest BCUT2D eigenvalue weighted by Crippen LogP contribution is -2.25. The number of aromatic nitrogens is 2. The molecule has 3 N–H and O–H groups in total. The third-order valence-electron chi connectivity index (χ3n) is 2.63. The number of sulfonamides is 1. The lowest BCUT2D eigenvalue weighted by Gasteiger charge is -2.09. The first-order valence-electron chi connectivity index (χ1n) is 5.42. The molecule has 1 aromatic carbocycles. The van der Waals surface area contributed by atoms with E-state index in [1.165, 1.54) is 6.07 Å². The summed E-state index contributed by atoms with van der Waals surface area (Å²) in [6.45, 7) is 0.158. The quantitative estimate of drug-likeness (QED) is 0.816. The van der Waals surface area contributed by atoms with Gasteiger partial charge in [-0.25, -0.2) is 13.1 Å². The van der Waals surface area contributed by atoms with Crippen molar-refractivity contribution in [2.75, 3.05) is 5.73 Å². The predicted octanol–water partition coefficient (Wildman–Crippen LogP) is 1.24. The largest absolute Gasteiger partial charge is 0.398 e. The smallest absolute Gasteiger partial charge is 0.243 e. The Morgan fingerprint density at radius 1 is 1.42 bits per heavy atom. The standard InChI is InChI=1S/C11H13BrN4O2S/c1-16-9(4-5-14-16)7-15-19(17,18)11-6-8(12)2-3-10(11)13/h2-6,15H,7,13H2,1H3. The molecule has 0 fully saturated rings. The first kappa shape index (κ1) is 14.0. The zero-order valence-electron chi connectivity index (χ0n) is 10.2. The second-order valence-corrected chi connectivity index (χ2v) is 6.60. The summed E-state index contributed by atoms with van der Waals surface area (Å²) in [5.41, 5.74) is 6.67. The van der Waals surface area contributed by atoms with Crippen molar-refractivity contribution in [1.29, 1.82) is 0 Å². The average Bonchev–Trinajstić information content (AvgIpc) is 2.75. The van der Waals surface area contributed by atoms with Crippen LogP contribution in [0.2, 0.25) is 0 Å². The third kappa shape index (κ3) is 3.14. The van der Waals surface area contributed by atoms with E-state index in [2.05, 4.69) is 25.8 Å². The predicted molar refractivity (Wildman–Crippen MR) is 75.8 cm³/mol. The molecule has 102 valence electrons. The van der Waals surface area contributed by atoms with Gasteiger partial charge in [0.2, 0.25) is 10.0 Å². The van der Waals surface area contributed by atoms with Gasteiger partial charge in [0, 0.05) is 17.7 Å². The summed E-state index contributed by atoms with van der Waals surface area (Å²) in [6.07, 6.45) is 1.61. The van der Waals surface area contributed by atoms with Gasteiger partial charge in [0.25, 0.3) is 0 Å². The van der Waals surface area contributed by atoms with E-state index in [1.54, 1.807) is 36.1 Å². The molecule has 0 aliphatic rings. The van der Waals surface area contributed by atoms with Crippen LogP contribution in [0, 0.1) is 0 Å². The molecule has 0 saturated carbocycles. The summed E-state index contributed by atoms with van der Waals surface area (Å²) in [7, 11) is -1.91. The van der Waals surface area contributed by atoms with Crippen LogP contribution in [0.4, 0.5) is 5.69 Å². The zero-order chi connectivity index (χ0) is 14.0. The second kappa shape index (κ2) is 5.32. The number of hydrogen-bond acceptors (Lipinski definition) is 4. The van der Waals surface area contributed by atoms with Crippen LogP contribution in [0.1, 0.15) is 5.69 Å². The van der Waals surface area contributed by atoms with Crippen molar-refractivity contribution in [3.05, 3.63) is 40.6 Å². The monoisotopic (exact) mass is 344 g/mol. The van der Waals surface area contributed by atoms with Crippen molar-refractivity contribution in [1.82, 2.24) is 14.5 Å². The Morgan fingerprint density at radius 2 is 2.16 bits per heavy atom. The van der Waals surface area contributed by atoms with E-state index in [0.717, 1.165) is 5.69 Å². The molecule has 0 atom stereocenters. The molecule has 0 aliphatic heterocycles. The van der Waals surface area contributed by atoms with Gasteiger partial charge in [0.05, 0.1) is 17.9 Å². The van der Waals surface area contributed by atoms with Gasteiger partial charge in [0.15, 0.2) is 0 Å². The SMILES string of the molecule is Cn1nccc1CNS(=O)(=O)c1cc(Br)ccc1N. The molecule has 0 spiro atoms. The van der Waals surface area contributed by atoms with Gasteiger partial charge < -0.3 is 5.73 Å². The third-order valence-corrected chi connectivity index (χ3v) is 4.58. The Hall–Kier alpha value is -1.38. The zero-order valence-corrected chi connectivity index (χ0v) is 12.6. The molecular formula is C11H13BrN4O2S. The number of nitrogens with two attached hydrogens (primary N) is 1. The summed E-state index contributed by atoms with van der Waals surface area (Å²) in [5.74, 6) is 0. The number of nitrogen functional groups attached to an aromatic ring is 1. The van der Waals surface area contributed by atoms with E-state index in [0.29, 0.717) is 4.47 Å². The van der Waals surface area contributed by atoms with Gasteiger partial charge in [-0.05, 0) is 24.3 Å². The molecule has 0 radical (unpaired) electrons.